The van der Waals surface area contributed by atoms with E-state index < -0.39 is 69.2 Å². The second kappa shape index (κ2) is 15.0. The normalized spacial score (nSPS) is 17.6. The summed E-state index contributed by atoms with van der Waals surface area (Å²) < 4.78 is 34.7. The molecule has 36 heavy (non-hydrogen) atoms. The largest absolute Gasteiger partial charge is 0.481 e. The number of allylic oxidation sites excluding steroid dienone is 2. The molecule has 0 aliphatic carbocycles. The molecular weight excluding hydrogens is 488 g/mol. The summed E-state index contributed by atoms with van der Waals surface area (Å²) in [5.41, 5.74) is -2.50. The molecule has 0 aromatic rings. The molecule has 5 atom stereocenters. The van der Waals surface area contributed by atoms with Crippen molar-refractivity contribution < 1.29 is 42.4 Å². The lowest BCUT2D eigenvalue weighted by molar-refractivity contribution is -0.159. The van der Waals surface area contributed by atoms with Crippen LogP contribution >= 0.6 is 0 Å². The van der Waals surface area contributed by atoms with E-state index in [9.17, 15) is 42.4 Å². The SMILES string of the molecule is C=CC(=O)C(CCC)C(CC)CC(CC(CC)C(CCC)C(=O)C=C)(C(=O)O)C(C(=O)O)S(=O)(=O)O. The maximum atomic E-state index is 12.9. The van der Waals surface area contributed by atoms with Crippen LogP contribution in [0.2, 0.25) is 0 Å². The summed E-state index contributed by atoms with van der Waals surface area (Å²) in [5, 5.41) is 17.7. The molecule has 3 N–H and O–H groups in total. The average Bonchev–Trinajstić information content (AvgIpc) is 2.80. The van der Waals surface area contributed by atoms with Gasteiger partial charge < -0.3 is 10.2 Å². The predicted molar refractivity (Wildman–Crippen MR) is 137 cm³/mol. The fourth-order valence-corrected chi connectivity index (χ4v) is 6.57. The highest BCUT2D eigenvalue weighted by Crippen LogP contribution is 2.46. The Hall–Kier alpha value is -2.33. The lowest BCUT2D eigenvalue weighted by Crippen LogP contribution is -2.54. The third-order valence-corrected chi connectivity index (χ3v) is 8.47. The Morgan fingerprint density at radius 3 is 1.36 bits per heavy atom. The van der Waals surface area contributed by atoms with Crippen molar-refractivity contribution in [2.24, 2.45) is 29.1 Å². The number of ketones is 2. The molecule has 0 aromatic carbocycles. The minimum absolute atomic E-state index is 0.262. The van der Waals surface area contributed by atoms with Crippen molar-refractivity contribution in [1.29, 1.82) is 0 Å². The van der Waals surface area contributed by atoms with Gasteiger partial charge in [-0.05, 0) is 49.7 Å². The molecule has 0 aromatic heterocycles. The minimum atomic E-state index is -5.39. The summed E-state index contributed by atoms with van der Waals surface area (Å²) in [5.74, 6) is -7.22. The van der Waals surface area contributed by atoms with Gasteiger partial charge in [0.1, 0.15) is 0 Å². The van der Waals surface area contributed by atoms with Gasteiger partial charge in [-0.1, -0.05) is 66.5 Å². The zero-order valence-corrected chi connectivity index (χ0v) is 22.6. The van der Waals surface area contributed by atoms with Crippen LogP contribution in [0.15, 0.2) is 25.3 Å². The summed E-state index contributed by atoms with van der Waals surface area (Å²) >= 11 is 0. The van der Waals surface area contributed by atoms with E-state index in [0.717, 1.165) is 12.2 Å². The maximum absolute atomic E-state index is 12.9. The van der Waals surface area contributed by atoms with Gasteiger partial charge >= 0.3 is 11.9 Å². The van der Waals surface area contributed by atoms with E-state index in [2.05, 4.69) is 13.2 Å². The van der Waals surface area contributed by atoms with E-state index in [4.69, 9.17) is 0 Å². The molecule has 0 bridgehead atoms. The molecule has 0 spiro atoms. The molecule has 0 rings (SSSR count). The van der Waals surface area contributed by atoms with Gasteiger partial charge in [0, 0.05) is 11.8 Å². The number of carboxylic acid groups (broad SMARTS) is 2. The lowest BCUT2D eigenvalue weighted by atomic mass is 9.64. The summed E-state index contributed by atoms with van der Waals surface area (Å²) in [4.78, 5) is 50.5. The van der Waals surface area contributed by atoms with Gasteiger partial charge in [0.05, 0.1) is 5.41 Å². The highest BCUT2D eigenvalue weighted by atomic mass is 32.2. The number of hydrogen-bond donors (Lipinski definition) is 3. The number of carbonyl (C=O) groups is 4. The highest BCUT2D eigenvalue weighted by Gasteiger charge is 2.58. The van der Waals surface area contributed by atoms with Crippen molar-refractivity contribution in [3.63, 3.8) is 0 Å². The Labute approximate surface area is 214 Å². The van der Waals surface area contributed by atoms with Crippen molar-refractivity contribution in [1.82, 2.24) is 0 Å². The second-order valence-electron chi connectivity index (χ2n) is 9.44. The van der Waals surface area contributed by atoms with Crippen LogP contribution < -0.4 is 0 Å². The van der Waals surface area contributed by atoms with Crippen LogP contribution in [0.25, 0.3) is 0 Å². The first kappa shape index (κ1) is 33.7. The zero-order chi connectivity index (χ0) is 28.3. The fraction of sp³-hybridized carbons (Fsp3) is 0.692. The van der Waals surface area contributed by atoms with Crippen molar-refractivity contribution >= 4 is 33.6 Å². The first-order valence-electron chi connectivity index (χ1n) is 12.5. The summed E-state index contributed by atoms with van der Waals surface area (Å²) in [7, 11) is -5.39. The topological polar surface area (TPSA) is 163 Å². The monoisotopic (exact) mass is 530 g/mol. The van der Waals surface area contributed by atoms with Crippen LogP contribution in [0.1, 0.15) is 79.1 Å². The highest BCUT2D eigenvalue weighted by molar-refractivity contribution is 7.87. The van der Waals surface area contributed by atoms with E-state index >= 15 is 0 Å². The van der Waals surface area contributed by atoms with Gasteiger partial charge in [0.15, 0.2) is 16.8 Å². The third kappa shape index (κ3) is 8.37. The zero-order valence-electron chi connectivity index (χ0n) is 21.8. The molecule has 0 fully saturated rings. The number of hydrogen-bond acceptors (Lipinski definition) is 6. The second-order valence-corrected chi connectivity index (χ2v) is 10.9. The van der Waals surface area contributed by atoms with Gasteiger partial charge in [0.2, 0.25) is 0 Å². The van der Waals surface area contributed by atoms with E-state index in [1.807, 2.05) is 13.8 Å². The van der Waals surface area contributed by atoms with E-state index in [1.54, 1.807) is 13.8 Å². The van der Waals surface area contributed by atoms with Crippen LogP contribution in [-0.2, 0) is 29.3 Å². The predicted octanol–water partition coefficient (Wildman–Crippen LogP) is 4.57. The van der Waals surface area contributed by atoms with Gasteiger partial charge in [-0.2, -0.15) is 8.42 Å². The van der Waals surface area contributed by atoms with Crippen molar-refractivity contribution in [3.8, 4) is 0 Å². The molecule has 5 unspecified atom stereocenters. The van der Waals surface area contributed by atoms with Crippen LogP contribution in [0.3, 0.4) is 0 Å². The number of rotatable bonds is 20. The van der Waals surface area contributed by atoms with Crippen LogP contribution in [0.5, 0.6) is 0 Å². The first-order valence-corrected chi connectivity index (χ1v) is 14.0. The molecule has 10 heteroatoms. The molecule has 9 nitrogen and oxygen atoms in total. The van der Waals surface area contributed by atoms with Gasteiger partial charge in [0.25, 0.3) is 10.1 Å². The van der Waals surface area contributed by atoms with Crippen LogP contribution in [0.4, 0.5) is 0 Å². The first-order chi connectivity index (χ1) is 16.7. The summed E-state index contributed by atoms with van der Waals surface area (Å²) in [6, 6.07) is 0. The van der Waals surface area contributed by atoms with Crippen molar-refractivity contribution in [2.45, 2.75) is 84.3 Å². The smallest absolute Gasteiger partial charge is 0.325 e. The Morgan fingerprint density at radius 1 is 0.806 bits per heavy atom. The minimum Gasteiger partial charge on any atom is -0.481 e. The fourth-order valence-electron chi connectivity index (χ4n) is 5.46. The number of carbonyl (C=O) groups excluding carboxylic acids is 2. The third-order valence-electron chi connectivity index (χ3n) is 7.22. The standard InChI is InChI=1S/C26H42O9S/c1-7-13-19(21(27)11-5)17(9-3)15-26(25(31)32,23(24(29)30)36(33,34)35)16-18(10-4)20(14-8-2)22(28)12-6/h11-12,17-20,23H,5-10,13-16H2,1-4H3,(H,29,30)(H,31,32)(H,33,34,35). The molecular formula is C26H42O9S. The Bertz CT molecular complexity index is 866. The molecule has 0 amide bonds. The molecule has 0 aliphatic heterocycles. The Balaban J connectivity index is 7.20. The van der Waals surface area contributed by atoms with E-state index in [0.29, 0.717) is 25.7 Å². The molecule has 0 saturated carbocycles. The number of carboxylic acids is 2. The van der Waals surface area contributed by atoms with Gasteiger partial charge in [-0.3, -0.25) is 23.7 Å². The molecule has 206 valence electrons. The maximum Gasteiger partial charge on any atom is 0.325 e. The van der Waals surface area contributed by atoms with Crippen LogP contribution in [0, 0.1) is 29.1 Å². The van der Waals surface area contributed by atoms with Crippen LogP contribution in [-0.4, -0.2) is 51.9 Å². The van der Waals surface area contributed by atoms with E-state index in [-0.39, 0.29) is 24.4 Å². The molecule has 0 radical (unpaired) electrons. The van der Waals surface area contributed by atoms with Gasteiger partial charge in [-0.15, -0.1) is 0 Å². The average molecular weight is 531 g/mol. The van der Waals surface area contributed by atoms with E-state index in [1.165, 1.54) is 0 Å². The Morgan fingerprint density at radius 2 is 1.17 bits per heavy atom. The summed E-state index contributed by atoms with van der Waals surface area (Å²) in [6.07, 6.45) is 3.68. The van der Waals surface area contributed by atoms with Gasteiger partial charge in [-0.25, -0.2) is 0 Å². The molecule has 0 saturated heterocycles. The van der Waals surface area contributed by atoms with Crippen molar-refractivity contribution in [3.05, 3.63) is 25.3 Å². The van der Waals surface area contributed by atoms with Crippen molar-refractivity contribution in [2.75, 3.05) is 0 Å². The molecule has 0 heterocycles. The quantitative estimate of drug-likeness (QED) is 0.151. The molecule has 0 aliphatic rings. The Kier molecular flexibility index (Phi) is 14.1. The summed E-state index contributed by atoms with van der Waals surface area (Å²) in [6.45, 7) is 14.1. The number of aliphatic carboxylic acids is 2. The lowest BCUT2D eigenvalue weighted by Gasteiger charge is -2.41.